The van der Waals surface area contributed by atoms with Crippen molar-refractivity contribution in [2.24, 2.45) is 0 Å². The fourth-order valence-electron chi connectivity index (χ4n) is 1.89. The van der Waals surface area contributed by atoms with Crippen molar-refractivity contribution in [1.29, 1.82) is 0 Å². The standard InChI is InChI=1S/C14H18N2O3S2/c1-15-8-12-7-14(20-10-12)21(17,18)16-13-5-3-4-11(6-13)9-19-2/h3-7,10,15-16H,8-9H2,1-2H3. The first-order valence-corrected chi connectivity index (χ1v) is 8.74. The molecule has 0 radical (unpaired) electrons. The highest BCUT2D eigenvalue weighted by Crippen LogP contribution is 2.23. The van der Waals surface area contributed by atoms with Crippen LogP contribution in [-0.4, -0.2) is 22.6 Å². The third-order valence-electron chi connectivity index (χ3n) is 2.77. The van der Waals surface area contributed by atoms with Gasteiger partial charge in [0.05, 0.1) is 6.61 Å². The molecule has 0 aliphatic carbocycles. The van der Waals surface area contributed by atoms with Crippen molar-refractivity contribution in [1.82, 2.24) is 5.32 Å². The van der Waals surface area contributed by atoms with Crippen LogP contribution in [0.2, 0.25) is 0 Å². The molecule has 1 aromatic carbocycles. The monoisotopic (exact) mass is 326 g/mol. The van der Waals surface area contributed by atoms with Gasteiger partial charge in [-0.1, -0.05) is 12.1 Å². The zero-order chi connectivity index (χ0) is 15.3. The van der Waals surface area contributed by atoms with Gasteiger partial charge in [0.25, 0.3) is 10.0 Å². The third kappa shape index (κ3) is 4.28. The van der Waals surface area contributed by atoms with Crippen LogP contribution in [0.4, 0.5) is 5.69 Å². The summed E-state index contributed by atoms with van der Waals surface area (Å²) in [5.41, 5.74) is 2.41. The molecule has 0 saturated carbocycles. The first-order valence-electron chi connectivity index (χ1n) is 6.38. The number of ether oxygens (including phenoxy) is 1. The summed E-state index contributed by atoms with van der Waals surface area (Å²) in [5, 5.41) is 4.84. The molecule has 0 amide bonds. The van der Waals surface area contributed by atoms with Gasteiger partial charge in [0.2, 0.25) is 0 Å². The van der Waals surface area contributed by atoms with Crippen LogP contribution in [0.25, 0.3) is 0 Å². The van der Waals surface area contributed by atoms with E-state index in [4.69, 9.17) is 4.74 Å². The molecule has 1 heterocycles. The normalized spacial score (nSPS) is 11.5. The lowest BCUT2D eigenvalue weighted by atomic mass is 10.2. The van der Waals surface area contributed by atoms with Crippen LogP contribution in [0, 0.1) is 0 Å². The highest BCUT2D eigenvalue weighted by molar-refractivity contribution is 7.94. The molecular formula is C14H18N2O3S2. The lowest BCUT2D eigenvalue weighted by Gasteiger charge is -2.08. The van der Waals surface area contributed by atoms with Crippen LogP contribution in [0.15, 0.2) is 39.9 Å². The zero-order valence-electron chi connectivity index (χ0n) is 11.9. The average molecular weight is 326 g/mol. The van der Waals surface area contributed by atoms with E-state index in [0.29, 0.717) is 23.0 Å². The topological polar surface area (TPSA) is 67.4 Å². The van der Waals surface area contributed by atoms with Gasteiger partial charge in [-0.25, -0.2) is 8.42 Å². The van der Waals surface area contributed by atoms with Crippen molar-refractivity contribution in [3.05, 3.63) is 46.8 Å². The molecule has 7 heteroatoms. The summed E-state index contributed by atoms with van der Waals surface area (Å²) >= 11 is 1.21. The van der Waals surface area contributed by atoms with Crippen LogP contribution in [0.3, 0.4) is 0 Å². The minimum absolute atomic E-state index is 0.310. The van der Waals surface area contributed by atoms with Gasteiger partial charge in [-0.3, -0.25) is 4.72 Å². The van der Waals surface area contributed by atoms with E-state index >= 15 is 0 Å². The van der Waals surface area contributed by atoms with Crippen molar-refractivity contribution in [2.75, 3.05) is 18.9 Å². The molecule has 2 N–H and O–H groups in total. The summed E-state index contributed by atoms with van der Waals surface area (Å²) in [6, 6.07) is 8.86. The quantitative estimate of drug-likeness (QED) is 0.820. The summed E-state index contributed by atoms with van der Waals surface area (Å²) < 4.78 is 32.6. The summed E-state index contributed by atoms with van der Waals surface area (Å²) in [4.78, 5) is 0. The Bertz CT molecular complexity index is 696. The van der Waals surface area contributed by atoms with E-state index < -0.39 is 10.0 Å². The molecule has 5 nitrogen and oxygen atoms in total. The first-order chi connectivity index (χ1) is 10.0. The molecule has 114 valence electrons. The first kappa shape index (κ1) is 16.0. The molecule has 2 aromatic rings. The van der Waals surface area contributed by atoms with Gasteiger partial charge in [-0.15, -0.1) is 11.3 Å². The second-order valence-electron chi connectivity index (χ2n) is 4.54. The van der Waals surface area contributed by atoms with Gasteiger partial charge in [-0.2, -0.15) is 0 Å². The second kappa shape index (κ2) is 7.04. The number of hydrogen-bond donors (Lipinski definition) is 2. The largest absolute Gasteiger partial charge is 0.380 e. The fourth-order valence-corrected chi connectivity index (χ4v) is 4.15. The Morgan fingerprint density at radius 1 is 1.24 bits per heavy atom. The summed E-state index contributed by atoms with van der Waals surface area (Å²) in [5.74, 6) is 0. The number of anilines is 1. The van der Waals surface area contributed by atoms with Gasteiger partial charge in [0.15, 0.2) is 0 Å². The Hall–Kier alpha value is -1.41. The smallest absolute Gasteiger partial charge is 0.271 e. The predicted octanol–water partition coefficient (Wildman–Crippen LogP) is 2.41. The van der Waals surface area contributed by atoms with E-state index in [1.807, 2.05) is 18.5 Å². The van der Waals surface area contributed by atoms with Gasteiger partial charge in [-0.05, 0) is 41.8 Å². The Morgan fingerprint density at radius 2 is 2.05 bits per heavy atom. The minimum atomic E-state index is -3.54. The van der Waals surface area contributed by atoms with E-state index in [1.54, 1.807) is 31.4 Å². The Balaban J connectivity index is 2.18. The molecule has 0 unspecified atom stereocenters. The van der Waals surface area contributed by atoms with Crippen LogP contribution < -0.4 is 10.0 Å². The minimum Gasteiger partial charge on any atom is -0.380 e. The Morgan fingerprint density at radius 3 is 2.76 bits per heavy atom. The van der Waals surface area contributed by atoms with Gasteiger partial charge < -0.3 is 10.1 Å². The maximum Gasteiger partial charge on any atom is 0.271 e. The Kier molecular flexibility index (Phi) is 5.35. The zero-order valence-corrected chi connectivity index (χ0v) is 13.6. The molecule has 21 heavy (non-hydrogen) atoms. The lowest BCUT2D eigenvalue weighted by Crippen LogP contribution is -2.12. The van der Waals surface area contributed by atoms with Gasteiger partial charge in [0, 0.05) is 19.3 Å². The van der Waals surface area contributed by atoms with Crippen molar-refractivity contribution in [3.8, 4) is 0 Å². The average Bonchev–Trinajstić information content (AvgIpc) is 2.89. The fraction of sp³-hybridized carbons (Fsp3) is 0.286. The maximum absolute atomic E-state index is 12.3. The van der Waals surface area contributed by atoms with E-state index in [9.17, 15) is 8.42 Å². The van der Waals surface area contributed by atoms with Crippen molar-refractivity contribution < 1.29 is 13.2 Å². The molecular weight excluding hydrogens is 308 g/mol. The molecule has 1 aromatic heterocycles. The SMILES string of the molecule is CNCc1csc(S(=O)(=O)Nc2cccc(COC)c2)c1. The molecule has 0 fully saturated rings. The molecule has 0 saturated heterocycles. The molecule has 0 spiro atoms. The molecule has 2 rings (SSSR count). The number of methoxy groups -OCH3 is 1. The number of sulfonamides is 1. The van der Waals surface area contributed by atoms with Gasteiger partial charge in [0.1, 0.15) is 4.21 Å². The number of nitrogens with one attached hydrogen (secondary N) is 2. The van der Waals surface area contributed by atoms with Crippen LogP contribution in [0.1, 0.15) is 11.1 Å². The van der Waals surface area contributed by atoms with E-state index in [1.165, 1.54) is 11.3 Å². The number of hydrogen-bond acceptors (Lipinski definition) is 5. The number of thiophene rings is 1. The lowest BCUT2D eigenvalue weighted by molar-refractivity contribution is 0.185. The highest BCUT2D eigenvalue weighted by atomic mass is 32.2. The van der Waals surface area contributed by atoms with Crippen molar-refractivity contribution in [3.63, 3.8) is 0 Å². The van der Waals surface area contributed by atoms with E-state index in [0.717, 1.165) is 11.1 Å². The maximum atomic E-state index is 12.3. The second-order valence-corrected chi connectivity index (χ2v) is 7.36. The van der Waals surface area contributed by atoms with Crippen molar-refractivity contribution in [2.45, 2.75) is 17.4 Å². The van der Waals surface area contributed by atoms with Crippen LogP contribution in [-0.2, 0) is 27.9 Å². The summed E-state index contributed by atoms with van der Waals surface area (Å²) in [7, 11) is -0.115. The number of rotatable bonds is 7. The highest BCUT2D eigenvalue weighted by Gasteiger charge is 2.17. The molecule has 0 aliphatic heterocycles. The predicted molar refractivity (Wildman–Crippen MR) is 85.0 cm³/mol. The van der Waals surface area contributed by atoms with Crippen LogP contribution >= 0.6 is 11.3 Å². The van der Waals surface area contributed by atoms with Crippen LogP contribution in [0.5, 0.6) is 0 Å². The molecule has 0 bridgehead atoms. The van der Waals surface area contributed by atoms with Crippen molar-refractivity contribution >= 4 is 27.0 Å². The van der Waals surface area contributed by atoms with E-state index in [2.05, 4.69) is 10.0 Å². The third-order valence-corrected chi connectivity index (χ3v) is 5.64. The number of benzene rings is 1. The summed E-state index contributed by atoms with van der Waals surface area (Å²) in [6.07, 6.45) is 0. The van der Waals surface area contributed by atoms with E-state index in [-0.39, 0.29) is 0 Å². The molecule has 0 atom stereocenters. The van der Waals surface area contributed by atoms with Gasteiger partial charge >= 0.3 is 0 Å². The Labute approximate surface area is 129 Å². The molecule has 0 aliphatic rings. The summed E-state index contributed by atoms with van der Waals surface area (Å²) in [6.45, 7) is 1.09.